The van der Waals surface area contributed by atoms with Crippen LogP contribution >= 0.6 is 0 Å². The van der Waals surface area contributed by atoms with Crippen LogP contribution in [0.5, 0.6) is 0 Å². The van der Waals surface area contributed by atoms with Crippen LogP contribution in [0.3, 0.4) is 0 Å². The molecule has 0 bridgehead atoms. The summed E-state index contributed by atoms with van der Waals surface area (Å²) in [6.45, 7) is 2.26. The van der Waals surface area contributed by atoms with Crippen LogP contribution in [0, 0.1) is 12.8 Å². The number of nitrogens with one attached hydrogen (secondary N) is 1. The fraction of sp³-hybridized carbons (Fsp3) is 0.333. The lowest BCUT2D eigenvalue weighted by Crippen LogP contribution is -2.21. The van der Waals surface area contributed by atoms with E-state index in [4.69, 9.17) is 0 Å². The van der Waals surface area contributed by atoms with E-state index in [1.807, 2.05) is 37.3 Å². The largest absolute Gasteiger partial charge is 0.478 e. The highest BCUT2D eigenvalue weighted by Crippen LogP contribution is 2.27. The van der Waals surface area contributed by atoms with E-state index in [9.17, 15) is 14.7 Å². The van der Waals surface area contributed by atoms with Crippen LogP contribution in [0.4, 0.5) is 5.69 Å². The van der Waals surface area contributed by atoms with Gasteiger partial charge >= 0.3 is 5.97 Å². The zero-order chi connectivity index (χ0) is 17.8. The van der Waals surface area contributed by atoms with Crippen molar-refractivity contribution < 1.29 is 14.7 Å². The van der Waals surface area contributed by atoms with Gasteiger partial charge in [-0.05, 0) is 49.1 Å². The van der Waals surface area contributed by atoms with Gasteiger partial charge in [-0.3, -0.25) is 4.79 Å². The zero-order valence-electron chi connectivity index (χ0n) is 14.4. The van der Waals surface area contributed by atoms with Crippen molar-refractivity contribution >= 4 is 17.4 Å². The van der Waals surface area contributed by atoms with Crippen LogP contribution < -0.4 is 5.32 Å². The molecular weight excluding hydrogens is 314 g/mol. The maximum absolute atomic E-state index is 12.3. The molecule has 3 rings (SSSR count). The number of anilines is 1. The molecule has 0 aliphatic heterocycles. The van der Waals surface area contributed by atoms with Crippen molar-refractivity contribution in [2.24, 2.45) is 5.92 Å². The Morgan fingerprint density at radius 1 is 1.04 bits per heavy atom. The molecule has 2 N–H and O–H groups in total. The van der Waals surface area contributed by atoms with Crippen LogP contribution in [-0.2, 0) is 4.79 Å². The molecule has 4 nitrogen and oxygen atoms in total. The number of carbonyl (C=O) groups is 2. The van der Waals surface area contributed by atoms with Crippen molar-refractivity contribution in [2.75, 3.05) is 11.9 Å². The van der Waals surface area contributed by atoms with Gasteiger partial charge in [0.25, 0.3) is 0 Å². The normalized spacial score (nSPS) is 14.4. The number of benzene rings is 2. The summed E-state index contributed by atoms with van der Waals surface area (Å²) < 4.78 is 0. The summed E-state index contributed by atoms with van der Waals surface area (Å²) in [6, 6.07) is 13.1. The minimum Gasteiger partial charge on any atom is -0.478 e. The predicted octanol–water partition coefficient (Wildman–Crippen LogP) is 4.53. The summed E-state index contributed by atoms with van der Waals surface area (Å²) in [5, 5.41) is 12.5. The Bertz CT molecular complexity index is 774. The number of ketones is 1. The first-order valence-corrected chi connectivity index (χ1v) is 8.75. The molecule has 1 aliphatic carbocycles. The molecule has 25 heavy (non-hydrogen) atoms. The van der Waals surface area contributed by atoms with E-state index in [2.05, 4.69) is 5.32 Å². The Hall–Kier alpha value is -2.62. The van der Waals surface area contributed by atoms with Gasteiger partial charge in [-0.1, -0.05) is 42.7 Å². The molecule has 2 aromatic carbocycles. The molecule has 0 spiro atoms. The average Bonchev–Trinajstić information content (AvgIpc) is 3.14. The number of carbonyl (C=O) groups excluding carboxylic acids is 1. The van der Waals surface area contributed by atoms with E-state index in [0.717, 1.165) is 42.4 Å². The van der Waals surface area contributed by atoms with Crippen molar-refractivity contribution in [1.29, 1.82) is 0 Å². The summed E-state index contributed by atoms with van der Waals surface area (Å²) in [4.78, 5) is 23.7. The first-order chi connectivity index (χ1) is 12.0. The highest BCUT2D eigenvalue weighted by atomic mass is 16.4. The summed E-state index contributed by atoms with van der Waals surface area (Å²) in [7, 11) is 0. The summed E-state index contributed by atoms with van der Waals surface area (Å²) >= 11 is 0. The predicted molar refractivity (Wildman–Crippen MR) is 99.0 cm³/mol. The molecular formula is C21H23NO3. The molecule has 0 atom stereocenters. The zero-order valence-corrected chi connectivity index (χ0v) is 14.4. The fourth-order valence-electron chi connectivity index (χ4n) is 3.35. The van der Waals surface area contributed by atoms with Crippen molar-refractivity contribution in [3.05, 3.63) is 53.6 Å². The van der Waals surface area contributed by atoms with Crippen LogP contribution in [-0.4, -0.2) is 23.4 Å². The summed E-state index contributed by atoms with van der Waals surface area (Å²) in [5.74, 6) is -0.596. The van der Waals surface area contributed by atoms with Crippen molar-refractivity contribution in [2.45, 2.75) is 32.6 Å². The van der Waals surface area contributed by atoms with Gasteiger partial charge in [-0.15, -0.1) is 0 Å². The molecule has 0 amide bonds. The summed E-state index contributed by atoms with van der Waals surface area (Å²) in [5.41, 5.74) is 3.82. The van der Waals surface area contributed by atoms with Gasteiger partial charge in [0, 0.05) is 11.6 Å². The lowest BCUT2D eigenvalue weighted by atomic mass is 10.00. The molecule has 0 heterocycles. The first kappa shape index (κ1) is 17.2. The number of rotatable bonds is 6. The maximum Gasteiger partial charge on any atom is 0.335 e. The van der Waals surface area contributed by atoms with Gasteiger partial charge in [0.2, 0.25) is 0 Å². The molecule has 1 saturated carbocycles. The number of hydrogen-bond acceptors (Lipinski definition) is 3. The Kier molecular flexibility index (Phi) is 5.17. The van der Waals surface area contributed by atoms with E-state index in [1.165, 1.54) is 0 Å². The number of carboxylic acid groups (broad SMARTS) is 1. The fourth-order valence-corrected chi connectivity index (χ4v) is 3.35. The van der Waals surface area contributed by atoms with Gasteiger partial charge in [0.05, 0.1) is 12.1 Å². The Morgan fingerprint density at radius 3 is 2.36 bits per heavy atom. The summed E-state index contributed by atoms with van der Waals surface area (Å²) in [6.07, 6.45) is 4.21. The minimum atomic E-state index is -0.973. The second-order valence-corrected chi connectivity index (χ2v) is 6.77. The quantitative estimate of drug-likeness (QED) is 0.812. The van der Waals surface area contributed by atoms with E-state index in [1.54, 1.807) is 12.1 Å². The Morgan fingerprint density at radius 2 is 1.72 bits per heavy atom. The monoisotopic (exact) mass is 337 g/mol. The van der Waals surface area contributed by atoms with Gasteiger partial charge in [-0.2, -0.15) is 0 Å². The second kappa shape index (κ2) is 7.51. The van der Waals surface area contributed by atoms with E-state index < -0.39 is 5.97 Å². The molecule has 0 aromatic heterocycles. The third-order valence-electron chi connectivity index (χ3n) is 4.84. The molecule has 0 radical (unpaired) electrons. The lowest BCUT2D eigenvalue weighted by Gasteiger charge is -2.12. The molecule has 130 valence electrons. The number of hydrogen-bond donors (Lipinski definition) is 2. The van der Waals surface area contributed by atoms with Crippen LogP contribution in [0.2, 0.25) is 0 Å². The number of carboxylic acids is 1. The SMILES string of the molecule is Cc1ccc(-c2cc(NCC(=O)C3CCCC3)cc(C(=O)O)c2)cc1. The Balaban J connectivity index is 1.81. The number of Topliss-reactive ketones (excluding diaryl/α,β-unsaturated/α-hetero) is 1. The van der Waals surface area contributed by atoms with Gasteiger partial charge in [0.1, 0.15) is 0 Å². The molecule has 2 aromatic rings. The van der Waals surface area contributed by atoms with Crippen LogP contribution in [0.25, 0.3) is 11.1 Å². The maximum atomic E-state index is 12.3. The van der Waals surface area contributed by atoms with E-state index in [0.29, 0.717) is 5.69 Å². The van der Waals surface area contributed by atoms with Crippen molar-refractivity contribution in [3.8, 4) is 11.1 Å². The standard InChI is InChI=1S/C21H23NO3/c1-14-6-8-15(9-7-14)17-10-18(21(24)25)12-19(11-17)22-13-20(23)16-4-2-3-5-16/h6-12,16,22H,2-5,13H2,1H3,(H,24,25). The highest BCUT2D eigenvalue weighted by Gasteiger charge is 2.22. The van der Waals surface area contributed by atoms with Gasteiger partial charge < -0.3 is 10.4 Å². The Labute approximate surface area is 147 Å². The van der Waals surface area contributed by atoms with E-state index >= 15 is 0 Å². The molecule has 4 heteroatoms. The average molecular weight is 337 g/mol. The van der Waals surface area contributed by atoms with Gasteiger partial charge in [0.15, 0.2) is 5.78 Å². The third-order valence-corrected chi connectivity index (χ3v) is 4.84. The van der Waals surface area contributed by atoms with Crippen LogP contribution in [0.1, 0.15) is 41.6 Å². The van der Waals surface area contributed by atoms with Crippen molar-refractivity contribution in [1.82, 2.24) is 0 Å². The first-order valence-electron chi connectivity index (χ1n) is 8.75. The number of aromatic carboxylic acids is 1. The third kappa shape index (κ3) is 4.27. The molecule has 1 aliphatic rings. The lowest BCUT2D eigenvalue weighted by molar-refractivity contribution is -0.120. The molecule has 1 fully saturated rings. The second-order valence-electron chi connectivity index (χ2n) is 6.77. The molecule has 0 unspecified atom stereocenters. The number of aryl methyl sites for hydroxylation is 1. The molecule has 0 saturated heterocycles. The minimum absolute atomic E-state index is 0.159. The van der Waals surface area contributed by atoms with Gasteiger partial charge in [-0.25, -0.2) is 4.79 Å². The van der Waals surface area contributed by atoms with Crippen molar-refractivity contribution in [3.63, 3.8) is 0 Å². The highest BCUT2D eigenvalue weighted by molar-refractivity contribution is 5.92. The smallest absolute Gasteiger partial charge is 0.335 e. The van der Waals surface area contributed by atoms with E-state index in [-0.39, 0.29) is 23.8 Å². The van der Waals surface area contributed by atoms with Crippen LogP contribution in [0.15, 0.2) is 42.5 Å². The topological polar surface area (TPSA) is 66.4 Å².